The molecule has 0 bridgehead atoms. The van der Waals surface area contributed by atoms with Crippen molar-refractivity contribution in [1.82, 2.24) is 10.2 Å². The Morgan fingerprint density at radius 3 is 2.50 bits per heavy atom. The van der Waals surface area contributed by atoms with E-state index in [9.17, 15) is 14.4 Å². The molecule has 7 nitrogen and oxygen atoms in total. The molecule has 8 heteroatoms. The normalized spacial score (nSPS) is 17.8. The molecule has 1 N–H and O–H groups in total. The summed E-state index contributed by atoms with van der Waals surface area (Å²) in [5.41, 5.74) is 1.07. The second-order valence-corrected chi connectivity index (χ2v) is 8.22. The van der Waals surface area contributed by atoms with Gasteiger partial charge in [0.2, 0.25) is 11.8 Å². The highest BCUT2D eigenvalue weighted by Crippen LogP contribution is 2.29. The fourth-order valence-corrected chi connectivity index (χ4v) is 4.28. The van der Waals surface area contributed by atoms with E-state index in [0.29, 0.717) is 29.6 Å². The van der Waals surface area contributed by atoms with Gasteiger partial charge in [0.15, 0.2) is 5.17 Å². The van der Waals surface area contributed by atoms with Gasteiger partial charge in [-0.1, -0.05) is 44.4 Å². The lowest BCUT2D eigenvalue weighted by Crippen LogP contribution is -2.46. The van der Waals surface area contributed by atoms with Gasteiger partial charge >= 0.3 is 5.97 Å². The Bertz CT molecular complexity index is 764. The monoisotopic (exact) mass is 433 g/mol. The van der Waals surface area contributed by atoms with Crippen molar-refractivity contribution in [2.24, 2.45) is 4.99 Å². The Morgan fingerprint density at radius 2 is 1.87 bits per heavy atom. The predicted octanol–water partition coefficient (Wildman–Crippen LogP) is 3.90. The van der Waals surface area contributed by atoms with Crippen LogP contribution in [-0.2, 0) is 14.3 Å². The molecular formula is C22H31N3O4S. The zero-order valence-corrected chi connectivity index (χ0v) is 18.8. The van der Waals surface area contributed by atoms with Gasteiger partial charge in [0.05, 0.1) is 23.1 Å². The average molecular weight is 434 g/mol. The van der Waals surface area contributed by atoms with Gasteiger partial charge in [0.25, 0.3) is 0 Å². The molecule has 164 valence electrons. The first-order chi connectivity index (χ1) is 14.5. The maximum absolute atomic E-state index is 12.8. The second-order valence-electron chi connectivity index (χ2n) is 7.05. The largest absolute Gasteiger partial charge is 0.462 e. The number of hydrogen-bond acceptors (Lipinski definition) is 6. The van der Waals surface area contributed by atoms with Crippen LogP contribution in [0.5, 0.6) is 0 Å². The Labute approximate surface area is 182 Å². The van der Waals surface area contributed by atoms with Gasteiger partial charge < -0.3 is 10.1 Å². The van der Waals surface area contributed by atoms with Crippen molar-refractivity contribution in [3.63, 3.8) is 0 Å². The lowest BCUT2D eigenvalue weighted by Gasteiger charge is -2.31. The average Bonchev–Trinajstić information content (AvgIpc) is 2.75. The summed E-state index contributed by atoms with van der Waals surface area (Å²) in [6.07, 6.45) is 5.63. The second kappa shape index (κ2) is 12.4. The molecular weight excluding hydrogens is 402 g/mol. The number of rotatable bonds is 10. The number of aliphatic imine (C=N–C) groups is 1. The Hall–Kier alpha value is -2.35. The van der Waals surface area contributed by atoms with Crippen molar-refractivity contribution in [2.45, 2.75) is 57.6 Å². The summed E-state index contributed by atoms with van der Waals surface area (Å²) in [5, 5.41) is 2.65. The minimum atomic E-state index is -0.489. The molecule has 0 radical (unpaired) electrons. The minimum absolute atomic E-state index is 0.0836. The van der Waals surface area contributed by atoms with E-state index in [2.05, 4.69) is 17.2 Å². The summed E-state index contributed by atoms with van der Waals surface area (Å²) in [4.78, 5) is 43.0. The smallest absolute Gasteiger partial charge is 0.338 e. The summed E-state index contributed by atoms with van der Waals surface area (Å²) < 4.78 is 5.00. The first kappa shape index (κ1) is 23.9. The molecule has 1 heterocycles. The molecule has 0 saturated carbocycles. The number of nitrogens with zero attached hydrogens (tertiary/aromatic N) is 2. The SMILES string of the molecule is CCCCCCCN1C(=O)CC(C(=O)NC)SC1=Nc1ccc(C(=O)OCC)cc1. The first-order valence-electron chi connectivity index (χ1n) is 10.5. The first-order valence-corrected chi connectivity index (χ1v) is 11.4. The van der Waals surface area contributed by atoms with E-state index in [-0.39, 0.29) is 24.2 Å². The molecule has 2 amide bonds. The van der Waals surface area contributed by atoms with Gasteiger partial charge in [0, 0.05) is 20.0 Å². The van der Waals surface area contributed by atoms with Crippen LogP contribution in [0.25, 0.3) is 0 Å². The molecule has 1 unspecified atom stereocenters. The van der Waals surface area contributed by atoms with Crippen LogP contribution in [0.4, 0.5) is 5.69 Å². The van der Waals surface area contributed by atoms with Crippen LogP contribution in [0.15, 0.2) is 29.3 Å². The molecule has 1 aromatic carbocycles. The van der Waals surface area contributed by atoms with Crippen molar-refractivity contribution in [3.8, 4) is 0 Å². The van der Waals surface area contributed by atoms with E-state index in [4.69, 9.17) is 4.74 Å². The number of unbranched alkanes of at least 4 members (excludes halogenated alkanes) is 4. The number of carbonyl (C=O) groups excluding carboxylic acids is 3. The van der Waals surface area contributed by atoms with Gasteiger partial charge in [-0.2, -0.15) is 0 Å². The van der Waals surface area contributed by atoms with Crippen molar-refractivity contribution in [2.75, 3.05) is 20.2 Å². The van der Waals surface area contributed by atoms with Crippen LogP contribution in [0.1, 0.15) is 62.7 Å². The third kappa shape index (κ3) is 6.86. The van der Waals surface area contributed by atoms with E-state index >= 15 is 0 Å². The molecule has 0 aliphatic carbocycles. The molecule has 1 aliphatic rings. The van der Waals surface area contributed by atoms with Crippen LogP contribution in [0, 0.1) is 0 Å². The number of benzene rings is 1. The minimum Gasteiger partial charge on any atom is -0.462 e. The van der Waals surface area contributed by atoms with Crippen LogP contribution in [0.3, 0.4) is 0 Å². The maximum Gasteiger partial charge on any atom is 0.338 e. The number of nitrogens with one attached hydrogen (secondary N) is 1. The topological polar surface area (TPSA) is 88.1 Å². The highest BCUT2D eigenvalue weighted by molar-refractivity contribution is 8.15. The van der Waals surface area contributed by atoms with Crippen LogP contribution >= 0.6 is 11.8 Å². The molecule has 0 spiro atoms. The van der Waals surface area contributed by atoms with Crippen LogP contribution in [0.2, 0.25) is 0 Å². The Kier molecular flexibility index (Phi) is 9.86. The number of esters is 1. The Morgan fingerprint density at radius 1 is 1.17 bits per heavy atom. The number of ether oxygens (including phenoxy) is 1. The lowest BCUT2D eigenvalue weighted by molar-refractivity contribution is -0.130. The van der Waals surface area contributed by atoms with Gasteiger partial charge in [-0.25, -0.2) is 9.79 Å². The number of amidine groups is 1. The third-order valence-corrected chi connectivity index (χ3v) is 5.95. The van der Waals surface area contributed by atoms with Crippen molar-refractivity contribution < 1.29 is 19.1 Å². The number of carbonyl (C=O) groups is 3. The van der Waals surface area contributed by atoms with Crippen LogP contribution in [-0.4, -0.2) is 53.3 Å². The standard InChI is InChI=1S/C22H31N3O4S/c1-4-6-7-8-9-14-25-19(26)15-18(20(27)23-3)30-22(25)24-17-12-10-16(11-13-17)21(28)29-5-2/h10-13,18H,4-9,14-15H2,1-3H3,(H,23,27). The summed E-state index contributed by atoms with van der Waals surface area (Å²) in [6.45, 7) is 4.84. The van der Waals surface area contributed by atoms with Gasteiger partial charge in [-0.15, -0.1) is 0 Å². The van der Waals surface area contributed by atoms with Crippen molar-refractivity contribution in [3.05, 3.63) is 29.8 Å². The van der Waals surface area contributed by atoms with E-state index < -0.39 is 5.25 Å². The number of thioether (sulfide) groups is 1. The molecule has 30 heavy (non-hydrogen) atoms. The molecule has 1 fully saturated rings. The van der Waals surface area contributed by atoms with E-state index in [1.807, 2.05) is 0 Å². The maximum atomic E-state index is 12.8. The zero-order valence-electron chi connectivity index (χ0n) is 18.0. The number of hydrogen-bond donors (Lipinski definition) is 1. The van der Waals surface area contributed by atoms with Crippen LogP contribution < -0.4 is 5.32 Å². The van der Waals surface area contributed by atoms with Crippen molar-refractivity contribution >= 4 is 40.4 Å². The number of amides is 2. The van der Waals surface area contributed by atoms with Gasteiger partial charge in [0.1, 0.15) is 0 Å². The van der Waals surface area contributed by atoms with Gasteiger partial charge in [-0.05, 0) is 37.6 Å². The summed E-state index contributed by atoms with van der Waals surface area (Å²) in [7, 11) is 1.57. The van der Waals surface area contributed by atoms with E-state index in [1.165, 1.54) is 24.6 Å². The fourth-order valence-electron chi connectivity index (χ4n) is 3.09. The predicted molar refractivity (Wildman–Crippen MR) is 120 cm³/mol. The van der Waals surface area contributed by atoms with E-state index in [1.54, 1.807) is 43.1 Å². The molecule has 1 atom stereocenters. The summed E-state index contributed by atoms with van der Waals surface area (Å²) in [6, 6.07) is 6.73. The highest BCUT2D eigenvalue weighted by Gasteiger charge is 2.35. The molecule has 1 saturated heterocycles. The quantitative estimate of drug-likeness (QED) is 0.447. The Balaban J connectivity index is 2.18. The molecule has 0 aromatic heterocycles. The molecule has 1 aromatic rings. The van der Waals surface area contributed by atoms with Gasteiger partial charge in [-0.3, -0.25) is 14.5 Å². The summed E-state index contributed by atoms with van der Waals surface area (Å²) >= 11 is 1.31. The third-order valence-electron chi connectivity index (χ3n) is 4.77. The van der Waals surface area contributed by atoms with Crippen molar-refractivity contribution in [1.29, 1.82) is 0 Å². The molecule has 2 rings (SSSR count). The fraction of sp³-hybridized carbons (Fsp3) is 0.545. The lowest BCUT2D eigenvalue weighted by atomic mass is 10.1. The molecule has 1 aliphatic heterocycles. The zero-order chi connectivity index (χ0) is 21.9. The summed E-state index contributed by atoms with van der Waals surface area (Å²) in [5.74, 6) is -0.645. The highest BCUT2D eigenvalue weighted by atomic mass is 32.2. The van der Waals surface area contributed by atoms with E-state index in [0.717, 1.165) is 19.3 Å².